The van der Waals surface area contributed by atoms with Gasteiger partial charge < -0.3 is 14.1 Å². The molecule has 0 saturated carbocycles. The number of piperidine rings is 1. The molecule has 2 rings (SSSR count). The second-order valence-electron chi connectivity index (χ2n) is 4.05. The smallest absolute Gasteiger partial charge is 0.394 e. The van der Waals surface area contributed by atoms with Gasteiger partial charge in [-0.25, -0.2) is 4.79 Å². The first-order valence-electron chi connectivity index (χ1n) is 6.09. The number of carbonyl (C=O) groups is 1. The van der Waals surface area contributed by atoms with E-state index < -0.39 is 5.97 Å². The summed E-state index contributed by atoms with van der Waals surface area (Å²) in [7, 11) is 0. The van der Waals surface area contributed by atoms with Crippen LogP contribution in [0.25, 0.3) is 0 Å². The van der Waals surface area contributed by atoms with Crippen LogP contribution < -0.4 is 4.90 Å². The summed E-state index contributed by atoms with van der Waals surface area (Å²) in [4.78, 5) is 17.3. The number of hydrogen-bond donors (Lipinski definition) is 0. The van der Waals surface area contributed by atoms with Gasteiger partial charge in [-0.15, -0.1) is 0 Å². The third-order valence-electron chi connectivity index (χ3n) is 2.81. The minimum atomic E-state index is -0.628. The average molecular weight is 249 g/mol. The Morgan fingerprint density at radius 2 is 2.22 bits per heavy atom. The molecule has 0 bridgehead atoms. The van der Waals surface area contributed by atoms with Gasteiger partial charge in [0.2, 0.25) is 11.6 Å². The van der Waals surface area contributed by atoms with E-state index >= 15 is 0 Å². The van der Waals surface area contributed by atoms with Crippen molar-refractivity contribution in [3.63, 3.8) is 0 Å². The van der Waals surface area contributed by atoms with Crippen LogP contribution in [-0.2, 0) is 4.74 Å². The Morgan fingerprint density at radius 1 is 1.50 bits per heavy atom. The Hall–Kier alpha value is -2.03. The van der Waals surface area contributed by atoms with Gasteiger partial charge in [0.05, 0.1) is 6.61 Å². The van der Waals surface area contributed by atoms with Crippen LogP contribution in [-0.4, -0.2) is 30.6 Å². The van der Waals surface area contributed by atoms with Crippen LogP contribution in [0.1, 0.15) is 42.6 Å². The Balaban J connectivity index is 2.24. The van der Waals surface area contributed by atoms with Gasteiger partial charge in [0, 0.05) is 13.1 Å². The molecule has 6 nitrogen and oxygen atoms in total. The number of rotatable bonds is 3. The van der Waals surface area contributed by atoms with Crippen LogP contribution in [0.2, 0.25) is 0 Å². The number of nitrogens with zero attached hydrogens (tertiary/aromatic N) is 3. The Labute approximate surface area is 105 Å². The predicted molar refractivity (Wildman–Crippen MR) is 63.2 cm³/mol. The third-order valence-corrected chi connectivity index (χ3v) is 2.81. The second kappa shape index (κ2) is 5.54. The Bertz CT molecular complexity index is 469. The highest BCUT2D eigenvalue weighted by molar-refractivity contribution is 5.85. The molecule has 0 aliphatic carbocycles. The molecule has 1 saturated heterocycles. The van der Waals surface area contributed by atoms with Crippen molar-refractivity contribution in [2.45, 2.75) is 26.2 Å². The summed E-state index contributed by atoms with van der Waals surface area (Å²) in [6, 6.07) is 1.96. The van der Waals surface area contributed by atoms with Gasteiger partial charge in [-0.05, 0) is 26.2 Å². The van der Waals surface area contributed by atoms with Crippen molar-refractivity contribution in [2.24, 2.45) is 0 Å². The van der Waals surface area contributed by atoms with Crippen molar-refractivity contribution in [1.29, 1.82) is 5.26 Å². The van der Waals surface area contributed by atoms with Gasteiger partial charge >= 0.3 is 11.9 Å². The molecule has 0 N–H and O–H groups in total. The van der Waals surface area contributed by atoms with Crippen LogP contribution in [0.4, 0.5) is 5.88 Å². The highest BCUT2D eigenvalue weighted by atomic mass is 16.5. The lowest BCUT2D eigenvalue weighted by molar-refractivity contribution is 0.0481. The maximum absolute atomic E-state index is 11.5. The maximum Gasteiger partial charge on any atom is 0.394 e. The third kappa shape index (κ3) is 2.45. The number of ether oxygens (including phenoxy) is 1. The normalized spacial score (nSPS) is 15.2. The zero-order chi connectivity index (χ0) is 13.0. The summed E-state index contributed by atoms with van der Waals surface area (Å²) in [6.45, 7) is 3.61. The average Bonchev–Trinajstić information content (AvgIpc) is 2.84. The first-order chi connectivity index (χ1) is 8.76. The molecule has 1 aromatic rings. The molecule has 1 fully saturated rings. The number of anilines is 1. The highest BCUT2D eigenvalue weighted by Crippen LogP contribution is 2.25. The zero-order valence-corrected chi connectivity index (χ0v) is 10.3. The highest BCUT2D eigenvalue weighted by Gasteiger charge is 2.24. The molecule has 0 unspecified atom stereocenters. The fourth-order valence-electron chi connectivity index (χ4n) is 1.98. The summed E-state index contributed by atoms with van der Waals surface area (Å²) in [5, 5.41) is 9.02. The van der Waals surface area contributed by atoms with Crippen LogP contribution >= 0.6 is 0 Å². The van der Waals surface area contributed by atoms with E-state index in [0.717, 1.165) is 25.9 Å². The first kappa shape index (κ1) is 12.4. The molecule has 18 heavy (non-hydrogen) atoms. The molecular weight excluding hydrogens is 234 g/mol. The Kier molecular flexibility index (Phi) is 3.82. The summed E-state index contributed by atoms with van der Waals surface area (Å²) < 4.78 is 10.2. The van der Waals surface area contributed by atoms with Crippen molar-refractivity contribution in [2.75, 3.05) is 24.6 Å². The van der Waals surface area contributed by atoms with Gasteiger partial charge in [-0.3, -0.25) is 0 Å². The summed E-state index contributed by atoms with van der Waals surface area (Å²) >= 11 is 0. The molecule has 0 aromatic carbocycles. The lowest BCUT2D eigenvalue weighted by Gasteiger charge is -2.25. The summed E-state index contributed by atoms with van der Waals surface area (Å²) in [6.07, 6.45) is 3.29. The molecule has 1 aliphatic heterocycles. The quantitative estimate of drug-likeness (QED) is 0.759. The number of aromatic nitrogens is 1. The lowest BCUT2D eigenvalue weighted by atomic mass is 10.1. The largest absolute Gasteiger partial charge is 0.459 e. The van der Waals surface area contributed by atoms with Gasteiger partial charge in [-0.1, -0.05) is 0 Å². The minimum absolute atomic E-state index is 0.144. The topological polar surface area (TPSA) is 79.4 Å². The second-order valence-corrected chi connectivity index (χ2v) is 4.05. The van der Waals surface area contributed by atoms with E-state index in [2.05, 4.69) is 4.98 Å². The molecular formula is C12H15N3O3. The number of esters is 1. The van der Waals surface area contributed by atoms with Crippen LogP contribution in [0, 0.1) is 11.3 Å². The van der Waals surface area contributed by atoms with Crippen LogP contribution in [0.3, 0.4) is 0 Å². The monoisotopic (exact) mass is 249 g/mol. The van der Waals surface area contributed by atoms with E-state index in [1.54, 1.807) is 6.92 Å². The first-order valence-corrected chi connectivity index (χ1v) is 6.09. The molecule has 0 radical (unpaired) electrons. The van der Waals surface area contributed by atoms with E-state index in [0.29, 0.717) is 5.88 Å². The van der Waals surface area contributed by atoms with Gasteiger partial charge in [0.1, 0.15) is 6.07 Å². The van der Waals surface area contributed by atoms with Crippen LogP contribution in [0.15, 0.2) is 4.42 Å². The fraction of sp³-hybridized carbons (Fsp3) is 0.583. The van der Waals surface area contributed by atoms with Crippen molar-refractivity contribution in [1.82, 2.24) is 4.98 Å². The standard InChI is InChI=1S/C12H15N3O3/c1-2-17-12(16)10-14-9(8-13)11(18-10)15-6-4-3-5-7-15/h2-7H2,1H3. The molecule has 0 atom stereocenters. The molecule has 96 valence electrons. The predicted octanol–water partition coefficient (Wildman–Crippen LogP) is 1.71. The fourth-order valence-corrected chi connectivity index (χ4v) is 1.98. The molecule has 0 spiro atoms. The van der Waals surface area contributed by atoms with Crippen molar-refractivity contribution in [3.05, 3.63) is 11.6 Å². The Morgan fingerprint density at radius 3 is 2.83 bits per heavy atom. The SMILES string of the molecule is CCOC(=O)c1nc(C#N)c(N2CCCCC2)o1. The van der Waals surface area contributed by atoms with E-state index in [1.165, 1.54) is 6.42 Å². The minimum Gasteiger partial charge on any atom is -0.459 e. The van der Waals surface area contributed by atoms with Gasteiger partial charge in [0.15, 0.2) is 0 Å². The summed E-state index contributed by atoms with van der Waals surface area (Å²) in [5.74, 6) is -0.383. The van der Waals surface area contributed by atoms with E-state index in [1.807, 2.05) is 11.0 Å². The molecule has 1 aromatic heterocycles. The molecule has 0 amide bonds. The van der Waals surface area contributed by atoms with E-state index in [9.17, 15) is 4.79 Å². The van der Waals surface area contributed by atoms with Crippen molar-refractivity contribution < 1.29 is 13.9 Å². The van der Waals surface area contributed by atoms with Crippen molar-refractivity contribution >= 4 is 11.9 Å². The number of oxazole rings is 1. The zero-order valence-electron chi connectivity index (χ0n) is 10.3. The van der Waals surface area contributed by atoms with E-state index in [-0.39, 0.29) is 18.2 Å². The number of hydrogen-bond acceptors (Lipinski definition) is 6. The number of carbonyl (C=O) groups excluding carboxylic acids is 1. The number of nitriles is 1. The summed E-state index contributed by atoms with van der Waals surface area (Å²) in [5.41, 5.74) is 0.153. The maximum atomic E-state index is 11.5. The van der Waals surface area contributed by atoms with Gasteiger partial charge in [0.25, 0.3) is 0 Å². The van der Waals surface area contributed by atoms with Crippen LogP contribution in [0.5, 0.6) is 0 Å². The lowest BCUT2D eigenvalue weighted by Crippen LogP contribution is -2.29. The van der Waals surface area contributed by atoms with Crippen molar-refractivity contribution in [3.8, 4) is 6.07 Å². The van der Waals surface area contributed by atoms with Gasteiger partial charge in [-0.2, -0.15) is 10.2 Å². The molecule has 2 heterocycles. The van der Waals surface area contributed by atoms with E-state index in [4.69, 9.17) is 14.4 Å². The molecule has 1 aliphatic rings. The molecule has 6 heteroatoms.